The summed E-state index contributed by atoms with van der Waals surface area (Å²) in [5, 5.41) is 2.86. The van der Waals surface area contributed by atoms with Crippen LogP contribution < -0.4 is 10.1 Å². The summed E-state index contributed by atoms with van der Waals surface area (Å²) in [4.78, 5) is 15.8. The highest BCUT2D eigenvalue weighted by molar-refractivity contribution is 5.75. The van der Waals surface area contributed by atoms with Crippen LogP contribution in [0.25, 0.3) is 11.0 Å². The number of carbonyl (C=O) groups is 1. The fraction of sp³-hybridized carbons (Fsp3) is 0.417. The molecule has 0 atom stereocenters. The Bertz CT molecular complexity index is 890. The van der Waals surface area contributed by atoms with Crippen molar-refractivity contribution in [3.8, 4) is 5.75 Å². The number of aryl methyl sites for hydroxylation is 2. The number of ether oxygens (including phenoxy) is 1. The van der Waals surface area contributed by atoms with Crippen LogP contribution in [0.15, 0.2) is 54.6 Å². The van der Waals surface area contributed by atoms with E-state index in [1.54, 1.807) is 6.92 Å². The van der Waals surface area contributed by atoms with Crippen LogP contribution in [-0.4, -0.2) is 28.6 Å². The SMILES string of the molecule is CC(=O)NCCCCCc1nc2ccccc2n1CCCCOc1ccccc1. The van der Waals surface area contributed by atoms with Crippen LogP contribution in [-0.2, 0) is 17.8 Å². The number of unbranched alkanes of at least 4 members (excludes halogenated alkanes) is 3. The lowest BCUT2D eigenvalue weighted by atomic mass is 10.2. The molecule has 0 aliphatic heterocycles. The first-order valence-electron chi connectivity index (χ1n) is 10.6. The third-order valence-electron chi connectivity index (χ3n) is 4.97. The lowest BCUT2D eigenvalue weighted by Gasteiger charge is -2.10. The Morgan fingerprint density at radius 1 is 0.966 bits per heavy atom. The van der Waals surface area contributed by atoms with Gasteiger partial charge in [0.1, 0.15) is 11.6 Å². The maximum Gasteiger partial charge on any atom is 0.216 e. The molecular formula is C24H31N3O2. The topological polar surface area (TPSA) is 56.2 Å². The highest BCUT2D eigenvalue weighted by Gasteiger charge is 2.10. The minimum absolute atomic E-state index is 0.0445. The normalized spacial score (nSPS) is 10.9. The van der Waals surface area contributed by atoms with Gasteiger partial charge in [-0.3, -0.25) is 4.79 Å². The van der Waals surface area contributed by atoms with E-state index in [0.717, 1.165) is 75.3 Å². The summed E-state index contributed by atoms with van der Waals surface area (Å²) in [7, 11) is 0. The smallest absolute Gasteiger partial charge is 0.216 e. The van der Waals surface area contributed by atoms with Gasteiger partial charge in [-0.1, -0.05) is 36.8 Å². The Morgan fingerprint density at radius 3 is 2.59 bits per heavy atom. The number of para-hydroxylation sites is 3. The number of fused-ring (bicyclic) bond motifs is 1. The number of nitrogens with zero attached hydrogens (tertiary/aromatic N) is 2. The van der Waals surface area contributed by atoms with Gasteiger partial charge in [0.15, 0.2) is 0 Å². The van der Waals surface area contributed by atoms with Crippen LogP contribution in [0.1, 0.15) is 44.9 Å². The molecular weight excluding hydrogens is 362 g/mol. The molecule has 1 aromatic heterocycles. The molecule has 1 N–H and O–H groups in total. The van der Waals surface area contributed by atoms with E-state index in [0.29, 0.717) is 0 Å². The van der Waals surface area contributed by atoms with Gasteiger partial charge in [-0.25, -0.2) is 4.98 Å². The molecule has 5 nitrogen and oxygen atoms in total. The summed E-state index contributed by atoms with van der Waals surface area (Å²) < 4.78 is 8.17. The maximum atomic E-state index is 10.9. The second-order valence-electron chi connectivity index (χ2n) is 7.33. The van der Waals surface area contributed by atoms with Crippen molar-refractivity contribution in [1.82, 2.24) is 14.9 Å². The zero-order valence-electron chi connectivity index (χ0n) is 17.3. The predicted octanol–water partition coefficient (Wildman–Crippen LogP) is 4.74. The summed E-state index contributed by atoms with van der Waals surface area (Å²) in [6.45, 7) is 4.01. The van der Waals surface area contributed by atoms with Crippen LogP contribution >= 0.6 is 0 Å². The third kappa shape index (κ3) is 6.63. The van der Waals surface area contributed by atoms with E-state index in [1.165, 1.54) is 5.52 Å². The summed E-state index contributed by atoms with van der Waals surface area (Å²) in [5.41, 5.74) is 2.28. The van der Waals surface area contributed by atoms with Gasteiger partial charge in [-0.2, -0.15) is 0 Å². The molecule has 5 heteroatoms. The molecule has 29 heavy (non-hydrogen) atoms. The molecule has 0 fully saturated rings. The first-order valence-corrected chi connectivity index (χ1v) is 10.6. The van der Waals surface area contributed by atoms with Crippen molar-refractivity contribution in [2.75, 3.05) is 13.2 Å². The zero-order valence-corrected chi connectivity index (χ0v) is 17.3. The van der Waals surface area contributed by atoms with Crippen molar-refractivity contribution < 1.29 is 9.53 Å². The van der Waals surface area contributed by atoms with Gasteiger partial charge in [0.2, 0.25) is 5.91 Å². The van der Waals surface area contributed by atoms with Crippen LogP contribution in [0.5, 0.6) is 5.75 Å². The lowest BCUT2D eigenvalue weighted by Crippen LogP contribution is -2.20. The van der Waals surface area contributed by atoms with Gasteiger partial charge >= 0.3 is 0 Å². The first-order chi connectivity index (χ1) is 14.2. The average Bonchev–Trinajstić information content (AvgIpc) is 3.08. The van der Waals surface area contributed by atoms with Gasteiger partial charge in [0.25, 0.3) is 0 Å². The quantitative estimate of drug-likeness (QED) is 0.452. The maximum absolute atomic E-state index is 10.9. The number of imidazole rings is 1. The number of nitrogens with one attached hydrogen (secondary N) is 1. The van der Waals surface area contributed by atoms with Crippen molar-refractivity contribution in [2.45, 2.75) is 52.0 Å². The Kier molecular flexibility index (Phi) is 8.11. The Balaban J connectivity index is 1.49. The van der Waals surface area contributed by atoms with Crippen molar-refractivity contribution in [1.29, 1.82) is 0 Å². The number of carbonyl (C=O) groups excluding carboxylic acids is 1. The van der Waals surface area contributed by atoms with E-state index in [1.807, 2.05) is 36.4 Å². The van der Waals surface area contributed by atoms with E-state index in [-0.39, 0.29) is 5.91 Å². The third-order valence-corrected chi connectivity index (χ3v) is 4.97. The molecule has 3 aromatic rings. The molecule has 1 heterocycles. The van der Waals surface area contributed by atoms with Crippen LogP contribution in [0, 0.1) is 0 Å². The highest BCUT2D eigenvalue weighted by atomic mass is 16.5. The summed E-state index contributed by atoms with van der Waals surface area (Å²) in [6.07, 6.45) is 6.22. The molecule has 0 bridgehead atoms. The van der Waals surface area contributed by atoms with Gasteiger partial charge in [0.05, 0.1) is 17.6 Å². The number of hydrogen-bond acceptors (Lipinski definition) is 3. The molecule has 2 aromatic carbocycles. The molecule has 0 unspecified atom stereocenters. The van der Waals surface area contributed by atoms with Crippen LogP contribution in [0.3, 0.4) is 0 Å². The lowest BCUT2D eigenvalue weighted by molar-refractivity contribution is -0.118. The predicted molar refractivity (Wildman–Crippen MR) is 117 cm³/mol. The second-order valence-corrected chi connectivity index (χ2v) is 7.33. The molecule has 0 saturated heterocycles. The number of amides is 1. The van der Waals surface area contributed by atoms with Gasteiger partial charge in [-0.05, 0) is 49.9 Å². The van der Waals surface area contributed by atoms with Crippen LogP contribution in [0.4, 0.5) is 0 Å². The number of benzene rings is 2. The van der Waals surface area contributed by atoms with E-state index in [9.17, 15) is 4.79 Å². The van der Waals surface area contributed by atoms with E-state index in [2.05, 4.69) is 28.1 Å². The minimum Gasteiger partial charge on any atom is -0.494 e. The van der Waals surface area contributed by atoms with E-state index in [4.69, 9.17) is 9.72 Å². The second kappa shape index (κ2) is 11.2. The molecule has 0 aliphatic rings. The number of hydrogen-bond donors (Lipinski definition) is 1. The minimum atomic E-state index is 0.0445. The van der Waals surface area contributed by atoms with E-state index >= 15 is 0 Å². The Morgan fingerprint density at radius 2 is 1.76 bits per heavy atom. The highest BCUT2D eigenvalue weighted by Crippen LogP contribution is 2.19. The fourth-order valence-electron chi connectivity index (χ4n) is 3.49. The van der Waals surface area contributed by atoms with Gasteiger partial charge in [0, 0.05) is 26.4 Å². The average molecular weight is 394 g/mol. The Labute approximate surface area is 173 Å². The molecule has 3 rings (SSSR count). The van der Waals surface area contributed by atoms with Crippen molar-refractivity contribution in [2.24, 2.45) is 0 Å². The molecule has 0 aliphatic carbocycles. The summed E-state index contributed by atoms with van der Waals surface area (Å²) >= 11 is 0. The summed E-state index contributed by atoms with van der Waals surface area (Å²) in [6, 6.07) is 18.3. The zero-order chi connectivity index (χ0) is 20.3. The fourth-order valence-corrected chi connectivity index (χ4v) is 3.49. The monoisotopic (exact) mass is 393 g/mol. The van der Waals surface area contributed by atoms with Crippen molar-refractivity contribution in [3.63, 3.8) is 0 Å². The van der Waals surface area contributed by atoms with Crippen molar-refractivity contribution in [3.05, 3.63) is 60.4 Å². The molecule has 0 saturated carbocycles. The van der Waals surface area contributed by atoms with Gasteiger partial charge in [-0.15, -0.1) is 0 Å². The van der Waals surface area contributed by atoms with E-state index < -0.39 is 0 Å². The molecule has 1 amide bonds. The van der Waals surface area contributed by atoms with Gasteiger partial charge < -0.3 is 14.6 Å². The van der Waals surface area contributed by atoms with Crippen LogP contribution in [0.2, 0.25) is 0 Å². The standard InChI is InChI=1S/C24H31N3O2/c1-20(28)25-17-9-3-6-16-24-26-22-14-7-8-15-23(22)27(24)18-10-11-19-29-21-12-4-2-5-13-21/h2,4-5,7-8,12-15H,3,6,9-11,16-19H2,1H3,(H,25,28). The summed E-state index contributed by atoms with van der Waals surface area (Å²) in [5.74, 6) is 2.14. The number of rotatable bonds is 12. The van der Waals surface area contributed by atoms with Crippen molar-refractivity contribution >= 4 is 16.9 Å². The first kappa shape index (κ1) is 20.9. The molecule has 0 spiro atoms. The largest absolute Gasteiger partial charge is 0.494 e. The number of aromatic nitrogens is 2. The molecule has 0 radical (unpaired) electrons. The Hall–Kier alpha value is -2.82. The molecule has 154 valence electrons.